The Labute approximate surface area is 49.6 Å². The van der Waals surface area contributed by atoms with Gasteiger partial charge in [-0.1, -0.05) is 0 Å². The number of rotatable bonds is 1. The van der Waals surface area contributed by atoms with Gasteiger partial charge in [0.2, 0.25) is 0 Å². The molecule has 0 unspecified atom stereocenters. The van der Waals surface area contributed by atoms with Crippen LogP contribution in [0.15, 0.2) is 0 Å². The van der Waals surface area contributed by atoms with Crippen LogP contribution in [0.1, 0.15) is 12.8 Å². The topological polar surface area (TPSA) is 26.3 Å². The minimum Gasteiger partial charge on any atom is -0.377 e. The molecule has 1 aliphatic rings. The van der Waals surface area contributed by atoms with Crippen LogP contribution in [-0.4, -0.2) is 26.2 Å². The van der Waals surface area contributed by atoms with Crippen molar-refractivity contribution in [3.8, 4) is 0 Å². The lowest BCUT2D eigenvalue weighted by molar-refractivity contribution is -0.116. The molecule has 3 heteroatoms. The number of ether oxygens (including phenoxy) is 1. The third-order valence-electron chi connectivity index (χ3n) is 1.24. The van der Waals surface area contributed by atoms with Crippen molar-refractivity contribution in [3.63, 3.8) is 0 Å². The molecule has 0 aromatic carbocycles. The quantitative estimate of drug-likeness (QED) is 0.346. The third-order valence-corrected chi connectivity index (χ3v) is 1.24. The Kier molecular flexibility index (Phi) is 1.68. The lowest BCUT2D eigenvalue weighted by Gasteiger charge is -2.00. The van der Waals surface area contributed by atoms with E-state index >= 15 is 0 Å². The van der Waals surface area contributed by atoms with Crippen LogP contribution in [0.4, 0.5) is 0 Å². The standard InChI is InChI=1S/C5H7BO2/c6-5-2-1-4(3-7)8-5/h3-5H,1-2H2/t4-,5+/m0/s1. The number of carbonyl (C=O) groups excluding carboxylic acids is 1. The van der Waals surface area contributed by atoms with Crippen LogP contribution >= 0.6 is 0 Å². The Morgan fingerprint density at radius 2 is 2.38 bits per heavy atom. The molecular formula is C5H7BO2. The molecule has 0 saturated carbocycles. The second-order valence-corrected chi connectivity index (χ2v) is 1.93. The predicted octanol–water partition coefficient (Wildman–Crippen LogP) is -0.141. The van der Waals surface area contributed by atoms with Gasteiger partial charge in [0.05, 0.1) is 0 Å². The Balaban J connectivity index is 2.32. The molecule has 1 saturated heterocycles. The summed E-state index contributed by atoms with van der Waals surface area (Å²) in [5, 5.41) is 0. The molecule has 2 nitrogen and oxygen atoms in total. The van der Waals surface area contributed by atoms with Crippen molar-refractivity contribution >= 4 is 14.1 Å². The minimum atomic E-state index is -0.231. The summed E-state index contributed by atoms with van der Waals surface area (Å²) in [7, 11) is 5.32. The van der Waals surface area contributed by atoms with Crippen molar-refractivity contribution < 1.29 is 9.53 Å². The highest BCUT2D eigenvalue weighted by atomic mass is 16.5. The molecule has 2 radical (unpaired) electrons. The highest BCUT2D eigenvalue weighted by Crippen LogP contribution is 2.14. The number of hydrogen-bond acceptors (Lipinski definition) is 2. The van der Waals surface area contributed by atoms with E-state index in [2.05, 4.69) is 0 Å². The van der Waals surface area contributed by atoms with E-state index in [1.165, 1.54) is 0 Å². The van der Waals surface area contributed by atoms with Crippen molar-refractivity contribution in [3.05, 3.63) is 0 Å². The van der Waals surface area contributed by atoms with Crippen molar-refractivity contribution in [2.75, 3.05) is 0 Å². The van der Waals surface area contributed by atoms with E-state index in [9.17, 15) is 4.79 Å². The zero-order valence-corrected chi connectivity index (χ0v) is 4.54. The van der Waals surface area contributed by atoms with Crippen molar-refractivity contribution in [1.29, 1.82) is 0 Å². The second kappa shape index (κ2) is 2.31. The zero-order chi connectivity index (χ0) is 5.98. The van der Waals surface area contributed by atoms with Gasteiger partial charge >= 0.3 is 0 Å². The average molecular weight is 110 g/mol. The van der Waals surface area contributed by atoms with Crippen LogP contribution in [0, 0.1) is 0 Å². The molecule has 0 bridgehead atoms. The first kappa shape index (κ1) is 5.82. The summed E-state index contributed by atoms with van der Waals surface area (Å²) in [6.45, 7) is 0. The first-order valence-electron chi connectivity index (χ1n) is 2.69. The van der Waals surface area contributed by atoms with Crippen LogP contribution in [0.5, 0.6) is 0 Å². The second-order valence-electron chi connectivity index (χ2n) is 1.93. The lowest BCUT2D eigenvalue weighted by atomic mass is 9.97. The van der Waals surface area contributed by atoms with E-state index in [0.29, 0.717) is 0 Å². The summed E-state index contributed by atoms with van der Waals surface area (Å²) < 4.78 is 4.92. The first-order chi connectivity index (χ1) is 3.83. The molecule has 0 N–H and O–H groups in total. The van der Waals surface area contributed by atoms with Crippen LogP contribution in [0.25, 0.3) is 0 Å². The van der Waals surface area contributed by atoms with E-state index in [-0.39, 0.29) is 12.1 Å². The largest absolute Gasteiger partial charge is 0.377 e. The Morgan fingerprint density at radius 1 is 1.62 bits per heavy atom. The molecule has 42 valence electrons. The van der Waals surface area contributed by atoms with Gasteiger partial charge in [-0.25, -0.2) is 0 Å². The normalized spacial score (nSPS) is 37.5. The summed E-state index contributed by atoms with van der Waals surface area (Å²) in [6.07, 6.45) is 2.16. The number of aldehydes is 1. The summed E-state index contributed by atoms with van der Waals surface area (Å²) in [5.74, 6) is 0. The smallest absolute Gasteiger partial charge is 0.148 e. The molecule has 1 fully saturated rings. The van der Waals surface area contributed by atoms with Gasteiger partial charge in [0.15, 0.2) is 0 Å². The predicted molar refractivity (Wildman–Crippen MR) is 29.7 cm³/mol. The fourth-order valence-electron chi connectivity index (χ4n) is 0.789. The lowest BCUT2D eigenvalue weighted by Crippen LogP contribution is -2.10. The van der Waals surface area contributed by atoms with E-state index in [1.807, 2.05) is 0 Å². The molecule has 0 amide bonds. The van der Waals surface area contributed by atoms with Crippen molar-refractivity contribution in [2.45, 2.75) is 24.9 Å². The highest BCUT2D eigenvalue weighted by Gasteiger charge is 2.19. The summed E-state index contributed by atoms with van der Waals surface area (Å²) in [5.41, 5.74) is 0. The Hall–Kier alpha value is -0.305. The van der Waals surface area contributed by atoms with Gasteiger partial charge in [0, 0.05) is 6.00 Å². The molecule has 0 spiro atoms. The Bertz CT molecular complexity index is 94.4. The summed E-state index contributed by atoms with van der Waals surface area (Å²) in [4.78, 5) is 9.97. The van der Waals surface area contributed by atoms with E-state index in [0.717, 1.165) is 19.1 Å². The fraction of sp³-hybridized carbons (Fsp3) is 0.800. The molecule has 0 aliphatic carbocycles. The molecule has 8 heavy (non-hydrogen) atoms. The molecule has 1 aliphatic heterocycles. The summed E-state index contributed by atoms with van der Waals surface area (Å²) in [6, 6.07) is -0.204. The van der Waals surface area contributed by atoms with Crippen LogP contribution in [0.2, 0.25) is 0 Å². The third kappa shape index (κ3) is 1.10. The minimum absolute atomic E-state index is 0.204. The molecule has 1 rings (SSSR count). The first-order valence-corrected chi connectivity index (χ1v) is 2.69. The molecule has 0 aromatic rings. The molecular weight excluding hydrogens is 103 g/mol. The van der Waals surface area contributed by atoms with Gasteiger partial charge in [0.1, 0.15) is 20.2 Å². The molecule has 0 aromatic heterocycles. The zero-order valence-electron chi connectivity index (χ0n) is 4.54. The highest BCUT2D eigenvalue weighted by molar-refractivity contribution is 6.11. The maximum Gasteiger partial charge on any atom is 0.148 e. The van der Waals surface area contributed by atoms with Crippen molar-refractivity contribution in [2.24, 2.45) is 0 Å². The maximum atomic E-state index is 9.97. The van der Waals surface area contributed by atoms with Gasteiger partial charge in [-0.05, 0) is 12.8 Å². The van der Waals surface area contributed by atoms with Gasteiger partial charge < -0.3 is 9.53 Å². The van der Waals surface area contributed by atoms with E-state index in [1.54, 1.807) is 0 Å². The van der Waals surface area contributed by atoms with E-state index < -0.39 is 0 Å². The SMILES string of the molecule is [B][C@H]1CC[C@@H](C=O)O1. The van der Waals surface area contributed by atoms with Gasteiger partial charge in [0.25, 0.3) is 0 Å². The monoisotopic (exact) mass is 110 g/mol. The van der Waals surface area contributed by atoms with Gasteiger partial charge in [-0.15, -0.1) is 0 Å². The van der Waals surface area contributed by atoms with Gasteiger partial charge in [-0.2, -0.15) is 0 Å². The molecule has 2 atom stereocenters. The Morgan fingerprint density at radius 3 is 2.62 bits per heavy atom. The number of carbonyl (C=O) groups is 1. The average Bonchev–Trinajstić information content (AvgIpc) is 2.14. The van der Waals surface area contributed by atoms with Crippen LogP contribution in [-0.2, 0) is 9.53 Å². The maximum absolute atomic E-state index is 9.97. The van der Waals surface area contributed by atoms with Crippen LogP contribution < -0.4 is 0 Å². The van der Waals surface area contributed by atoms with Gasteiger partial charge in [-0.3, -0.25) is 0 Å². The molecule has 1 heterocycles. The van der Waals surface area contributed by atoms with Crippen molar-refractivity contribution in [1.82, 2.24) is 0 Å². The number of hydrogen-bond donors (Lipinski definition) is 0. The fourth-order valence-corrected chi connectivity index (χ4v) is 0.789. The van der Waals surface area contributed by atoms with Crippen LogP contribution in [0.3, 0.4) is 0 Å². The van der Waals surface area contributed by atoms with E-state index in [4.69, 9.17) is 12.6 Å². The summed E-state index contributed by atoms with van der Waals surface area (Å²) >= 11 is 0.